The van der Waals surface area contributed by atoms with Crippen molar-refractivity contribution in [3.05, 3.63) is 0 Å². The maximum atomic E-state index is 10.7. The average molecular weight is 173 g/mol. The maximum Gasteiger partial charge on any atom is 0.317 e. The molecule has 0 aliphatic carbocycles. The number of nitrogens with two attached hydrogens (primary N) is 2. The van der Waals surface area contributed by atoms with Gasteiger partial charge in [0.2, 0.25) is 0 Å². The third-order valence-electron chi connectivity index (χ3n) is 1.57. The van der Waals surface area contributed by atoms with Gasteiger partial charge in [0.15, 0.2) is 0 Å². The number of primary amides is 2. The van der Waals surface area contributed by atoms with E-state index in [4.69, 9.17) is 11.5 Å². The highest BCUT2D eigenvalue weighted by Gasteiger charge is 2.20. The van der Waals surface area contributed by atoms with Gasteiger partial charge in [0.1, 0.15) is 6.67 Å². The van der Waals surface area contributed by atoms with Gasteiger partial charge in [-0.3, -0.25) is 15.1 Å². The van der Waals surface area contributed by atoms with E-state index in [0.29, 0.717) is 13.3 Å². The van der Waals surface area contributed by atoms with E-state index in [-0.39, 0.29) is 6.67 Å². The van der Waals surface area contributed by atoms with E-state index in [0.717, 1.165) is 0 Å². The van der Waals surface area contributed by atoms with Crippen molar-refractivity contribution in [2.45, 2.75) is 0 Å². The lowest BCUT2D eigenvalue weighted by atomic mass is 10.6. The fourth-order valence-corrected chi connectivity index (χ4v) is 0.921. The van der Waals surface area contributed by atoms with Gasteiger partial charge in [0.05, 0.1) is 13.3 Å². The number of amides is 4. The number of nitrogens with one attached hydrogen (secondary N) is 1. The molecule has 1 heterocycles. The van der Waals surface area contributed by atoms with E-state index in [1.165, 1.54) is 9.80 Å². The Balaban J connectivity index is 2.51. The fourth-order valence-electron chi connectivity index (χ4n) is 0.921. The van der Waals surface area contributed by atoms with Crippen LogP contribution in [0.2, 0.25) is 0 Å². The van der Waals surface area contributed by atoms with Crippen LogP contribution in [0.4, 0.5) is 9.59 Å². The van der Waals surface area contributed by atoms with Crippen molar-refractivity contribution in [2.24, 2.45) is 11.5 Å². The minimum atomic E-state index is -0.576. The van der Waals surface area contributed by atoms with Crippen LogP contribution in [0.5, 0.6) is 0 Å². The fraction of sp³-hybridized carbons (Fsp3) is 0.600. The molecule has 0 aromatic carbocycles. The second kappa shape index (κ2) is 3.26. The summed E-state index contributed by atoms with van der Waals surface area (Å²) in [4.78, 5) is 23.8. The number of nitrogens with zero attached hydrogens (tertiary/aromatic N) is 2. The predicted molar refractivity (Wildman–Crippen MR) is 40.6 cm³/mol. The molecule has 0 saturated carbocycles. The van der Waals surface area contributed by atoms with E-state index in [9.17, 15) is 9.59 Å². The Bertz CT molecular complexity index is 186. The second-order valence-electron chi connectivity index (χ2n) is 2.46. The molecule has 4 amide bonds. The SMILES string of the molecule is NC(=O)N1CNCN(C(N)=O)C1. The highest BCUT2D eigenvalue weighted by atomic mass is 16.2. The second-order valence-corrected chi connectivity index (χ2v) is 2.46. The molecule has 1 aliphatic rings. The van der Waals surface area contributed by atoms with Crippen molar-refractivity contribution < 1.29 is 9.59 Å². The van der Waals surface area contributed by atoms with Crippen LogP contribution in [-0.2, 0) is 0 Å². The van der Waals surface area contributed by atoms with Crippen LogP contribution in [0, 0.1) is 0 Å². The van der Waals surface area contributed by atoms with E-state index < -0.39 is 12.1 Å². The van der Waals surface area contributed by atoms with Gasteiger partial charge in [-0.15, -0.1) is 0 Å². The summed E-state index contributed by atoms with van der Waals surface area (Å²) >= 11 is 0. The summed E-state index contributed by atoms with van der Waals surface area (Å²) in [5.74, 6) is 0. The molecule has 68 valence electrons. The Morgan fingerprint density at radius 1 is 1.08 bits per heavy atom. The lowest BCUT2D eigenvalue weighted by molar-refractivity contribution is 0.110. The van der Waals surface area contributed by atoms with Crippen LogP contribution in [0.15, 0.2) is 0 Å². The molecule has 1 aliphatic heterocycles. The van der Waals surface area contributed by atoms with Gasteiger partial charge in [-0.25, -0.2) is 9.59 Å². The predicted octanol–water partition coefficient (Wildman–Crippen LogP) is -1.78. The quantitative estimate of drug-likeness (QED) is 0.403. The molecule has 7 nitrogen and oxygen atoms in total. The lowest BCUT2D eigenvalue weighted by Crippen LogP contribution is -2.58. The Morgan fingerprint density at radius 3 is 1.83 bits per heavy atom. The molecular weight excluding hydrogens is 162 g/mol. The summed E-state index contributed by atoms with van der Waals surface area (Å²) in [5, 5.41) is 2.80. The minimum Gasteiger partial charge on any atom is -0.351 e. The monoisotopic (exact) mass is 173 g/mol. The number of rotatable bonds is 0. The Morgan fingerprint density at radius 2 is 1.50 bits per heavy atom. The first kappa shape index (κ1) is 8.60. The van der Waals surface area contributed by atoms with E-state index in [1.54, 1.807) is 0 Å². The van der Waals surface area contributed by atoms with Crippen LogP contribution in [0.25, 0.3) is 0 Å². The maximum absolute atomic E-state index is 10.7. The molecule has 7 heteroatoms. The summed E-state index contributed by atoms with van der Waals surface area (Å²) < 4.78 is 0. The number of carbonyl (C=O) groups excluding carboxylic acids is 2. The van der Waals surface area contributed by atoms with Crippen molar-refractivity contribution in [1.82, 2.24) is 15.1 Å². The van der Waals surface area contributed by atoms with Crippen molar-refractivity contribution in [3.8, 4) is 0 Å². The molecule has 0 unspecified atom stereocenters. The van der Waals surface area contributed by atoms with Crippen molar-refractivity contribution in [2.75, 3.05) is 20.0 Å². The average Bonchev–Trinajstić information content (AvgIpc) is 2.04. The zero-order chi connectivity index (χ0) is 9.14. The van der Waals surface area contributed by atoms with Crippen LogP contribution >= 0.6 is 0 Å². The highest BCUT2D eigenvalue weighted by Crippen LogP contribution is 1.96. The van der Waals surface area contributed by atoms with Crippen molar-refractivity contribution in [3.63, 3.8) is 0 Å². The summed E-state index contributed by atoms with van der Waals surface area (Å²) in [6, 6.07) is -1.15. The molecule has 0 aromatic rings. The summed E-state index contributed by atoms with van der Waals surface area (Å²) in [6.45, 7) is 0.843. The van der Waals surface area contributed by atoms with Gasteiger partial charge in [0, 0.05) is 0 Å². The molecule has 0 spiro atoms. The molecule has 1 fully saturated rings. The van der Waals surface area contributed by atoms with Gasteiger partial charge in [-0.2, -0.15) is 0 Å². The van der Waals surface area contributed by atoms with Gasteiger partial charge in [-0.05, 0) is 0 Å². The molecule has 1 rings (SSSR count). The summed E-state index contributed by atoms with van der Waals surface area (Å²) in [7, 11) is 0. The first-order valence-corrected chi connectivity index (χ1v) is 3.40. The topological polar surface area (TPSA) is 105 Å². The van der Waals surface area contributed by atoms with Crippen LogP contribution < -0.4 is 16.8 Å². The van der Waals surface area contributed by atoms with Crippen LogP contribution in [-0.4, -0.2) is 41.9 Å². The zero-order valence-electron chi connectivity index (χ0n) is 6.49. The number of carbonyl (C=O) groups is 2. The standard InChI is InChI=1S/C5H11N5O2/c6-4(11)9-1-8-2-10(3-9)5(7)12/h8H,1-3H2,(H2,6,11)(H2,7,12). The van der Waals surface area contributed by atoms with Gasteiger partial charge in [-0.1, -0.05) is 0 Å². The molecule has 0 bridgehead atoms. The zero-order valence-corrected chi connectivity index (χ0v) is 6.49. The Labute approximate surface area is 69.3 Å². The molecule has 0 radical (unpaired) electrons. The number of urea groups is 2. The third-order valence-corrected chi connectivity index (χ3v) is 1.57. The highest BCUT2D eigenvalue weighted by molar-refractivity contribution is 5.75. The smallest absolute Gasteiger partial charge is 0.317 e. The number of hydrogen-bond acceptors (Lipinski definition) is 3. The molecular formula is C5H11N5O2. The molecule has 5 N–H and O–H groups in total. The van der Waals surface area contributed by atoms with Crippen molar-refractivity contribution in [1.29, 1.82) is 0 Å². The third kappa shape index (κ3) is 1.76. The van der Waals surface area contributed by atoms with Gasteiger partial charge < -0.3 is 11.5 Å². The van der Waals surface area contributed by atoms with E-state index in [2.05, 4.69) is 5.32 Å². The van der Waals surface area contributed by atoms with Gasteiger partial charge in [0.25, 0.3) is 0 Å². The number of hydrogen-bond donors (Lipinski definition) is 3. The van der Waals surface area contributed by atoms with Crippen molar-refractivity contribution >= 4 is 12.1 Å². The first-order chi connectivity index (χ1) is 5.61. The molecule has 0 atom stereocenters. The Hall–Kier alpha value is -1.50. The van der Waals surface area contributed by atoms with Crippen LogP contribution in [0.3, 0.4) is 0 Å². The summed E-state index contributed by atoms with van der Waals surface area (Å²) in [6.07, 6.45) is 0. The van der Waals surface area contributed by atoms with E-state index >= 15 is 0 Å². The molecule has 1 saturated heterocycles. The lowest BCUT2D eigenvalue weighted by Gasteiger charge is -2.33. The van der Waals surface area contributed by atoms with E-state index in [1.807, 2.05) is 0 Å². The minimum absolute atomic E-state index is 0.150. The van der Waals surface area contributed by atoms with Gasteiger partial charge >= 0.3 is 12.1 Å². The molecule has 12 heavy (non-hydrogen) atoms. The largest absolute Gasteiger partial charge is 0.351 e. The van der Waals surface area contributed by atoms with Crippen LogP contribution in [0.1, 0.15) is 0 Å². The Kier molecular flexibility index (Phi) is 2.34. The first-order valence-electron chi connectivity index (χ1n) is 3.40. The summed E-state index contributed by atoms with van der Waals surface area (Å²) in [5.41, 5.74) is 10.00. The molecule has 0 aromatic heterocycles. The normalized spacial score (nSPS) is 17.7.